The van der Waals surface area contributed by atoms with Gasteiger partial charge in [-0.15, -0.1) is 0 Å². The molecule has 3 rings (SSSR count). The molecule has 146 valence electrons. The standard InChI is InChI=1S/C23H24FNO3/c1-2-3-4-8-15-25-20(16-11-13-18(24)14-12-16)19(22(27)23(25)28)21(26)17-9-6-5-7-10-17/h5-7,9-14,20,26H,2-4,8,15H2,1H3/t20-/m0/s1. The third-order valence-electron chi connectivity index (χ3n) is 5.03. The molecule has 4 nitrogen and oxygen atoms in total. The molecule has 1 fully saturated rings. The molecule has 1 aliphatic heterocycles. The average molecular weight is 381 g/mol. The van der Waals surface area contributed by atoms with E-state index in [1.807, 2.05) is 0 Å². The van der Waals surface area contributed by atoms with Gasteiger partial charge in [-0.3, -0.25) is 9.59 Å². The van der Waals surface area contributed by atoms with Crippen LogP contribution in [0.1, 0.15) is 49.8 Å². The Morgan fingerprint density at radius 1 is 1.00 bits per heavy atom. The second kappa shape index (κ2) is 8.83. The number of aliphatic hydroxyl groups excluding tert-OH is 1. The molecule has 0 bridgehead atoms. The Bertz CT molecular complexity index is 874. The quantitative estimate of drug-likeness (QED) is 0.323. The van der Waals surface area contributed by atoms with Gasteiger partial charge in [-0.2, -0.15) is 0 Å². The molecule has 1 atom stereocenters. The minimum absolute atomic E-state index is 0.0540. The Kier molecular flexibility index (Phi) is 6.24. The maximum atomic E-state index is 13.4. The number of rotatable bonds is 7. The van der Waals surface area contributed by atoms with Gasteiger partial charge in [-0.1, -0.05) is 68.7 Å². The van der Waals surface area contributed by atoms with Gasteiger partial charge in [0.25, 0.3) is 11.7 Å². The molecule has 0 spiro atoms. The molecule has 1 heterocycles. The molecule has 0 unspecified atom stereocenters. The predicted molar refractivity (Wildman–Crippen MR) is 106 cm³/mol. The lowest BCUT2D eigenvalue weighted by molar-refractivity contribution is -0.139. The van der Waals surface area contributed by atoms with E-state index < -0.39 is 23.5 Å². The monoisotopic (exact) mass is 381 g/mol. The molecular weight excluding hydrogens is 357 g/mol. The van der Waals surface area contributed by atoms with Crippen molar-refractivity contribution in [3.8, 4) is 0 Å². The van der Waals surface area contributed by atoms with Crippen molar-refractivity contribution in [1.82, 2.24) is 4.90 Å². The summed E-state index contributed by atoms with van der Waals surface area (Å²) in [7, 11) is 0. The lowest BCUT2D eigenvalue weighted by Crippen LogP contribution is -2.30. The normalized spacial score (nSPS) is 18.6. The van der Waals surface area contributed by atoms with Crippen molar-refractivity contribution in [3.63, 3.8) is 0 Å². The van der Waals surface area contributed by atoms with E-state index in [-0.39, 0.29) is 11.3 Å². The Morgan fingerprint density at radius 2 is 1.68 bits per heavy atom. The second-order valence-corrected chi connectivity index (χ2v) is 6.97. The molecule has 1 aliphatic rings. The minimum atomic E-state index is -0.720. The zero-order valence-electron chi connectivity index (χ0n) is 15.9. The zero-order valence-corrected chi connectivity index (χ0v) is 15.9. The number of hydrogen-bond acceptors (Lipinski definition) is 3. The number of aliphatic hydroxyl groups is 1. The van der Waals surface area contributed by atoms with Gasteiger partial charge in [0, 0.05) is 12.1 Å². The van der Waals surface area contributed by atoms with Gasteiger partial charge in [0.2, 0.25) is 0 Å². The van der Waals surface area contributed by atoms with E-state index in [1.54, 1.807) is 42.5 Å². The highest BCUT2D eigenvalue weighted by molar-refractivity contribution is 6.46. The Balaban J connectivity index is 2.04. The maximum absolute atomic E-state index is 13.4. The second-order valence-electron chi connectivity index (χ2n) is 6.97. The summed E-state index contributed by atoms with van der Waals surface area (Å²) in [6, 6.07) is 13.7. The first kappa shape index (κ1) is 19.8. The topological polar surface area (TPSA) is 57.6 Å². The molecule has 2 aromatic rings. The van der Waals surface area contributed by atoms with Gasteiger partial charge < -0.3 is 10.0 Å². The predicted octanol–water partition coefficient (Wildman–Crippen LogP) is 4.83. The van der Waals surface area contributed by atoms with Crippen molar-refractivity contribution < 1.29 is 19.1 Å². The minimum Gasteiger partial charge on any atom is -0.507 e. The van der Waals surface area contributed by atoms with Gasteiger partial charge in [0.1, 0.15) is 11.6 Å². The Morgan fingerprint density at radius 3 is 2.32 bits per heavy atom. The van der Waals surface area contributed by atoms with Crippen molar-refractivity contribution in [1.29, 1.82) is 0 Å². The summed E-state index contributed by atoms with van der Waals surface area (Å²) in [6.45, 7) is 2.52. The summed E-state index contributed by atoms with van der Waals surface area (Å²) in [6.07, 6.45) is 3.83. The lowest BCUT2D eigenvalue weighted by atomic mass is 9.95. The Hall–Kier alpha value is -2.95. The number of carbonyl (C=O) groups is 2. The number of unbranched alkanes of at least 4 members (excludes halogenated alkanes) is 3. The number of carbonyl (C=O) groups excluding carboxylic acids is 2. The number of benzene rings is 2. The SMILES string of the molecule is CCCCCCN1C(=O)C(=O)C(=C(O)c2ccccc2)[C@@H]1c1ccc(F)cc1. The molecule has 0 aromatic heterocycles. The van der Waals surface area contributed by atoms with E-state index in [4.69, 9.17) is 0 Å². The van der Waals surface area contributed by atoms with Crippen LogP contribution >= 0.6 is 0 Å². The molecule has 1 N–H and O–H groups in total. The molecule has 1 saturated heterocycles. The fourth-order valence-electron chi connectivity index (χ4n) is 3.56. The third-order valence-corrected chi connectivity index (χ3v) is 5.03. The van der Waals surface area contributed by atoms with Crippen LogP contribution in [0, 0.1) is 5.82 Å². The van der Waals surface area contributed by atoms with Crippen LogP contribution in [0.5, 0.6) is 0 Å². The number of amides is 1. The molecular formula is C23H24FNO3. The zero-order chi connectivity index (χ0) is 20.1. The van der Waals surface area contributed by atoms with E-state index in [9.17, 15) is 19.1 Å². The van der Waals surface area contributed by atoms with Crippen molar-refractivity contribution >= 4 is 17.4 Å². The fourth-order valence-corrected chi connectivity index (χ4v) is 3.56. The van der Waals surface area contributed by atoms with E-state index in [0.717, 1.165) is 25.7 Å². The summed E-state index contributed by atoms with van der Waals surface area (Å²) in [5.41, 5.74) is 1.13. The number of Topliss-reactive ketones (excluding diaryl/α,β-unsaturated/α-hetero) is 1. The Labute approximate surface area is 164 Å². The number of halogens is 1. The number of hydrogen-bond donors (Lipinski definition) is 1. The number of nitrogens with zero attached hydrogens (tertiary/aromatic N) is 1. The van der Waals surface area contributed by atoms with Crippen LogP contribution in [-0.4, -0.2) is 28.2 Å². The van der Waals surface area contributed by atoms with Crippen LogP contribution in [-0.2, 0) is 9.59 Å². The molecule has 0 radical (unpaired) electrons. The van der Waals surface area contributed by atoms with E-state index in [2.05, 4.69) is 6.92 Å². The van der Waals surface area contributed by atoms with Gasteiger partial charge in [-0.05, 0) is 24.1 Å². The molecule has 28 heavy (non-hydrogen) atoms. The number of ketones is 1. The van der Waals surface area contributed by atoms with Crippen LogP contribution in [0.4, 0.5) is 4.39 Å². The smallest absolute Gasteiger partial charge is 0.295 e. The molecule has 0 aliphatic carbocycles. The van der Waals surface area contributed by atoms with E-state index >= 15 is 0 Å². The largest absolute Gasteiger partial charge is 0.507 e. The van der Waals surface area contributed by atoms with Crippen LogP contribution in [0.3, 0.4) is 0 Å². The first-order chi connectivity index (χ1) is 13.5. The van der Waals surface area contributed by atoms with Gasteiger partial charge in [0.05, 0.1) is 11.6 Å². The molecule has 0 saturated carbocycles. The van der Waals surface area contributed by atoms with Crippen LogP contribution in [0.25, 0.3) is 5.76 Å². The van der Waals surface area contributed by atoms with Crippen molar-refractivity contribution in [2.75, 3.05) is 6.54 Å². The van der Waals surface area contributed by atoms with Crippen LogP contribution < -0.4 is 0 Å². The first-order valence-corrected chi connectivity index (χ1v) is 9.64. The average Bonchev–Trinajstić information content (AvgIpc) is 2.97. The van der Waals surface area contributed by atoms with Crippen molar-refractivity contribution in [3.05, 3.63) is 77.1 Å². The summed E-state index contributed by atoms with van der Waals surface area (Å²) in [5.74, 6) is -1.93. The summed E-state index contributed by atoms with van der Waals surface area (Å²) >= 11 is 0. The third kappa shape index (κ3) is 3.98. The van der Waals surface area contributed by atoms with Crippen molar-refractivity contribution in [2.24, 2.45) is 0 Å². The van der Waals surface area contributed by atoms with E-state index in [1.165, 1.54) is 17.0 Å². The highest BCUT2D eigenvalue weighted by Gasteiger charge is 2.45. The van der Waals surface area contributed by atoms with Gasteiger partial charge in [0.15, 0.2) is 0 Å². The highest BCUT2D eigenvalue weighted by atomic mass is 19.1. The molecule has 5 heteroatoms. The fraction of sp³-hybridized carbons (Fsp3) is 0.304. The lowest BCUT2D eigenvalue weighted by Gasteiger charge is -2.25. The van der Waals surface area contributed by atoms with Gasteiger partial charge >= 0.3 is 0 Å². The molecule has 1 amide bonds. The summed E-state index contributed by atoms with van der Waals surface area (Å²) in [5, 5.41) is 10.8. The van der Waals surface area contributed by atoms with Gasteiger partial charge in [-0.25, -0.2) is 4.39 Å². The molecule has 2 aromatic carbocycles. The van der Waals surface area contributed by atoms with Crippen LogP contribution in [0.2, 0.25) is 0 Å². The summed E-state index contributed by atoms with van der Waals surface area (Å²) in [4.78, 5) is 27.0. The number of likely N-dealkylation sites (tertiary alicyclic amines) is 1. The highest BCUT2D eigenvalue weighted by Crippen LogP contribution is 2.39. The first-order valence-electron chi connectivity index (χ1n) is 9.64. The maximum Gasteiger partial charge on any atom is 0.295 e. The van der Waals surface area contributed by atoms with Crippen molar-refractivity contribution in [2.45, 2.75) is 38.6 Å². The van der Waals surface area contributed by atoms with E-state index in [0.29, 0.717) is 17.7 Å². The summed E-state index contributed by atoms with van der Waals surface area (Å²) < 4.78 is 13.4. The van der Waals surface area contributed by atoms with Crippen LogP contribution in [0.15, 0.2) is 60.2 Å².